The van der Waals surface area contributed by atoms with Gasteiger partial charge in [0.1, 0.15) is 17.1 Å². The number of hydrogen-bond donors (Lipinski definition) is 1. The minimum atomic E-state index is -0.536. The standard InChI is InChI=1S/C23H25NO5/c1-14-5-8-20(28-4)16(11-14)18(25)7-10-22(27)24-15-6-9-21-17(12-15)19(26)13-23(2,3)29-21/h5-6,8-9,11-12H,7,10,13H2,1-4H3,(H,24,27). The number of Topliss-reactive ketones (excluding diaryl/α,β-unsaturated/α-hetero) is 2. The zero-order chi connectivity index (χ0) is 21.2. The number of fused-ring (bicyclic) bond motifs is 1. The lowest BCUT2D eigenvalue weighted by molar-refractivity contribution is -0.116. The van der Waals surface area contributed by atoms with Gasteiger partial charge in [-0.3, -0.25) is 14.4 Å². The van der Waals surface area contributed by atoms with Crippen LogP contribution in [0.3, 0.4) is 0 Å². The molecule has 1 aliphatic rings. The Kier molecular flexibility index (Phi) is 5.73. The second-order valence-electron chi connectivity index (χ2n) is 7.85. The Morgan fingerprint density at radius 3 is 2.62 bits per heavy atom. The van der Waals surface area contributed by atoms with E-state index in [4.69, 9.17) is 9.47 Å². The Bertz CT molecular complexity index is 977. The second-order valence-corrected chi connectivity index (χ2v) is 7.85. The summed E-state index contributed by atoms with van der Waals surface area (Å²) < 4.78 is 11.1. The zero-order valence-corrected chi connectivity index (χ0v) is 17.1. The van der Waals surface area contributed by atoms with Crippen LogP contribution in [0.15, 0.2) is 36.4 Å². The molecule has 29 heavy (non-hydrogen) atoms. The molecule has 0 unspecified atom stereocenters. The molecular weight excluding hydrogens is 370 g/mol. The van der Waals surface area contributed by atoms with Crippen molar-refractivity contribution in [3.8, 4) is 11.5 Å². The van der Waals surface area contributed by atoms with E-state index < -0.39 is 5.60 Å². The molecule has 1 amide bonds. The average Bonchev–Trinajstić information content (AvgIpc) is 2.66. The Morgan fingerprint density at radius 2 is 1.90 bits per heavy atom. The Morgan fingerprint density at radius 1 is 1.14 bits per heavy atom. The van der Waals surface area contributed by atoms with Gasteiger partial charge >= 0.3 is 0 Å². The molecule has 0 aliphatic carbocycles. The van der Waals surface area contributed by atoms with Crippen molar-refractivity contribution < 1.29 is 23.9 Å². The smallest absolute Gasteiger partial charge is 0.224 e. The van der Waals surface area contributed by atoms with Gasteiger partial charge in [0, 0.05) is 18.5 Å². The first-order chi connectivity index (χ1) is 13.7. The van der Waals surface area contributed by atoms with Gasteiger partial charge in [0.2, 0.25) is 5.91 Å². The average molecular weight is 395 g/mol. The van der Waals surface area contributed by atoms with Crippen molar-refractivity contribution in [2.24, 2.45) is 0 Å². The maximum absolute atomic E-state index is 12.5. The molecule has 1 heterocycles. The highest BCUT2D eigenvalue weighted by atomic mass is 16.5. The Hall–Kier alpha value is -3.15. The fourth-order valence-electron chi connectivity index (χ4n) is 3.36. The van der Waals surface area contributed by atoms with Crippen LogP contribution in [0.1, 0.15) is 59.4 Å². The van der Waals surface area contributed by atoms with Crippen LogP contribution in [0.4, 0.5) is 5.69 Å². The van der Waals surface area contributed by atoms with Gasteiger partial charge in [-0.1, -0.05) is 11.6 Å². The third-order valence-electron chi connectivity index (χ3n) is 4.77. The summed E-state index contributed by atoms with van der Waals surface area (Å²) in [5.41, 5.74) is 1.85. The molecule has 0 bridgehead atoms. The number of carbonyl (C=O) groups excluding carboxylic acids is 3. The fraction of sp³-hybridized carbons (Fsp3) is 0.348. The molecule has 3 rings (SSSR count). The number of aryl methyl sites for hydroxylation is 1. The molecule has 2 aromatic carbocycles. The molecule has 1 N–H and O–H groups in total. The van der Waals surface area contributed by atoms with E-state index in [-0.39, 0.29) is 36.7 Å². The van der Waals surface area contributed by atoms with Crippen LogP contribution in [0.25, 0.3) is 0 Å². The summed E-state index contributed by atoms with van der Waals surface area (Å²) in [7, 11) is 1.51. The van der Waals surface area contributed by atoms with Crippen molar-refractivity contribution >= 4 is 23.2 Å². The van der Waals surface area contributed by atoms with Gasteiger partial charge in [-0.05, 0) is 51.1 Å². The largest absolute Gasteiger partial charge is 0.496 e. The molecule has 0 saturated carbocycles. The summed E-state index contributed by atoms with van der Waals surface area (Å²) in [6.07, 6.45) is 0.377. The van der Waals surface area contributed by atoms with E-state index >= 15 is 0 Å². The van der Waals surface area contributed by atoms with Crippen molar-refractivity contribution in [1.29, 1.82) is 0 Å². The lowest BCUT2D eigenvalue weighted by Gasteiger charge is -2.31. The van der Waals surface area contributed by atoms with Crippen LogP contribution in [-0.2, 0) is 4.79 Å². The molecule has 0 fully saturated rings. The summed E-state index contributed by atoms with van der Waals surface area (Å²) in [5.74, 6) is 0.545. The molecule has 6 heteroatoms. The maximum Gasteiger partial charge on any atom is 0.224 e. The first-order valence-corrected chi connectivity index (χ1v) is 9.52. The number of anilines is 1. The van der Waals surface area contributed by atoms with E-state index in [9.17, 15) is 14.4 Å². The molecule has 2 aromatic rings. The first kappa shape index (κ1) is 20.6. The van der Waals surface area contributed by atoms with Crippen LogP contribution in [0.5, 0.6) is 11.5 Å². The number of carbonyl (C=O) groups is 3. The van der Waals surface area contributed by atoms with E-state index in [1.54, 1.807) is 30.3 Å². The second kappa shape index (κ2) is 8.07. The monoisotopic (exact) mass is 395 g/mol. The van der Waals surface area contributed by atoms with Crippen LogP contribution in [0.2, 0.25) is 0 Å². The fourth-order valence-corrected chi connectivity index (χ4v) is 3.36. The van der Waals surface area contributed by atoms with E-state index in [0.717, 1.165) is 5.56 Å². The minimum absolute atomic E-state index is 0.0194. The van der Waals surface area contributed by atoms with Crippen LogP contribution in [0, 0.1) is 6.92 Å². The van der Waals surface area contributed by atoms with Gasteiger partial charge in [0.05, 0.1) is 24.7 Å². The number of nitrogens with one attached hydrogen (secondary N) is 1. The van der Waals surface area contributed by atoms with Crippen molar-refractivity contribution in [2.75, 3.05) is 12.4 Å². The zero-order valence-electron chi connectivity index (χ0n) is 17.1. The normalized spacial score (nSPS) is 14.6. The van der Waals surface area contributed by atoms with Gasteiger partial charge < -0.3 is 14.8 Å². The Labute approximate surface area is 170 Å². The topological polar surface area (TPSA) is 81.7 Å². The summed E-state index contributed by atoms with van der Waals surface area (Å²) in [5, 5.41) is 2.75. The highest BCUT2D eigenvalue weighted by Gasteiger charge is 2.32. The van der Waals surface area contributed by atoms with Gasteiger partial charge in [0.15, 0.2) is 11.6 Å². The molecule has 152 valence electrons. The number of amides is 1. The van der Waals surface area contributed by atoms with Crippen molar-refractivity contribution in [3.05, 3.63) is 53.1 Å². The van der Waals surface area contributed by atoms with Crippen molar-refractivity contribution in [2.45, 2.75) is 45.6 Å². The van der Waals surface area contributed by atoms with Gasteiger partial charge in [-0.15, -0.1) is 0 Å². The SMILES string of the molecule is COc1ccc(C)cc1C(=O)CCC(=O)Nc1ccc2c(c1)C(=O)CC(C)(C)O2. The third-order valence-corrected chi connectivity index (χ3v) is 4.77. The van der Waals surface area contributed by atoms with Crippen LogP contribution in [-0.4, -0.2) is 30.2 Å². The van der Waals surface area contributed by atoms with Crippen LogP contribution >= 0.6 is 0 Å². The van der Waals surface area contributed by atoms with Crippen molar-refractivity contribution in [3.63, 3.8) is 0 Å². The van der Waals surface area contributed by atoms with Gasteiger partial charge in [-0.25, -0.2) is 0 Å². The predicted octanol–water partition coefficient (Wildman–Crippen LogP) is 4.35. The van der Waals surface area contributed by atoms with Crippen LogP contribution < -0.4 is 14.8 Å². The quantitative estimate of drug-likeness (QED) is 0.736. The summed E-state index contributed by atoms with van der Waals surface area (Å²) in [6, 6.07) is 10.4. The molecular formula is C23H25NO5. The Balaban J connectivity index is 1.63. The highest BCUT2D eigenvalue weighted by Crippen LogP contribution is 2.34. The number of ketones is 2. The maximum atomic E-state index is 12.5. The molecule has 0 radical (unpaired) electrons. The number of ether oxygens (including phenoxy) is 2. The lowest BCUT2D eigenvalue weighted by Crippen LogP contribution is -2.35. The molecule has 0 atom stereocenters. The van der Waals surface area contributed by atoms with E-state index in [1.807, 2.05) is 26.8 Å². The molecule has 1 aliphatic heterocycles. The minimum Gasteiger partial charge on any atom is -0.496 e. The molecule has 0 aromatic heterocycles. The van der Waals surface area contributed by atoms with Gasteiger partial charge in [0.25, 0.3) is 0 Å². The highest BCUT2D eigenvalue weighted by molar-refractivity contribution is 6.03. The van der Waals surface area contributed by atoms with E-state index in [0.29, 0.717) is 28.3 Å². The molecule has 0 spiro atoms. The summed E-state index contributed by atoms with van der Waals surface area (Å²) >= 11 is 0. The van der Waals surface area contributed by atoms with Crippen molar-refractivity contribution in [1.82, 2.24) is 0 Å². The number of benzene rings is 2. The molecule has 6 nitrogen and oxygen atoms in total. The van der Waals surface area contributed by atoms with Gasteiger partial charge in [-0.2, -0.15) is 0 Å². The first-order valence-electron chi connectivity index (χ1n) is 9.52. The third kappa shape index (κ3) is 4.83. The molecule has 0 saturated heterocycles. The predicted molar refractivity (Wildman–Crippen MR) is 110 cm³/mol. The number of methoxy groups -OCH3 is 1. The lowest BCUT2D eigenvalue weighted by atomic mass is 9.93. The number of hydrogen-bond acceptors (Lipinski definition) is 5. The van der Waals surface area contributed by atoms with E-state index in [1.165, 1.54) is 7.11 Å². The number of rotatable bonds is 6. The summed E-state index contributed by atoms with van der Waals surface area (Å²) in [6.45, 7) is 5.62. The van der Waals surface area contributed by atoms with E-state index in [2.05, 4.69) is 5.32 Å². The summed E-state index contributed by atoms with van der Waals surface area (Å²) in [4.78, 5) is 37.2.